The summed E-state index contributed by atoms with van der Waals surface area (Å²) in [7, 11) is 3.19. The number of amides is 1. The van der Waals surface area contributed by atoms with Gasteiger partial charge in [0.15, 0.2) is 0 Å². The second-order valence-corrected chi connectivity index (χ2v) is 9.22. The third kappa shape index (κ3) is 3.94. The van der Waals surface area contributed by atoms with Crippen LogP contribution in [0.3, 0.4) is 0 Å². The van der Waals surface area contributed by atoms with E-state index in [2.05, 4.69) is 25.7 Å². The zero-order chi connectivity index (χ0) is 24.9. The van der Waals surface area contributed by atoms with Crippen molar-refractivity contribution in [2.45, 2.75) is 45.7 Å². The number of imidazole rings is 1. The molecule has 1 fully saturated rings. The van der Waals surface area contributed by atoms with Gasteiger partial charge >= 0.3 is 0 Å². The maximum Gasteiger partial charge on any atom is 0.256 e. The van der Waals surface area contributed by atoms with Crippen molar-refractivity contribution in [1.82, 2.24) is 29.5 Å². The monoisotopic (exact) mass is 483 g/mol. The fraction of sp³-hybridized carbons (Fsp3) is 0.417. The lowest BCUT2D eigenvalue weighted by Crippen LogP contribution is -2.51. The quantitative estimate of drug-likeness (QED) is 0.416. The van der Waals surface area contributed by atoms with E-state index in [1.54, 1.807) is 31.8 Å². The average Bonchev–Trinajstić information content (AvgIpc) is 3.37. The van der Waals surface area contributed by atoms with Crippen molar-refractivity contribution in [2.24, 2.45) is 5.41 Å². The van der Waals surface area contributed by atoms with Crippen molar-refractivity contribution in [3.05, 3.63) is 36.3 Å². The van der Waals surface area contributed by atoms with Crippen LogP contribution in [0.2, 0.25) is 0 Å². The number of aromatic nitrogens is 5. The fourth-order valence-electron chi connectivity index (χ4n) is 5.01. The summed E-state index contributed by atoms with van der Waals surface area (Å²) < 4.78 is 35.1. The van der Waals surface area contributed by atoms with Crippen LogP contribution in [0.25, 0.3) is 27.7 Å². The standard InChI is InChI=1S/C24H27F2N7O2/c1-13-28-17-6-5-14(9-18(17)32(13)12-19(25)26)16-7-8-33-20(16)21(35-4)30-23(31-33)29-15-10-24(2,11-15)22(34)27-3/h5-9,15,19H,10-12H2,1-4H3,(H,27,34)(H,29,31). The van der Waals surface area contributed by atoms with Crippen LogP contribution < -0.4 is 15.4 Å². The predicted molar refractivity (Wildman–Crippen MR) is 128 cm³/mol. The third-order valence-corrected chi connectivity index (χ3v) is 6.75. The molecule has 3 aromatic heterocycles. The molecule has 0 saturated heterocycles. The number of nitrogens with zero attached hydrogens (tertiary/aromatic N) is 5. The summed E-state index contributed by atoms with van der Waals surface area (Å²) in [5.41, 5.74) is 3.20. The normalized spacial score (nSPS) is 19.8. The molecule has 11 heteroatoms. The fourth-order valence-corrected chi connectivity index (χ4v) is 5.01. The van der Waals surface area contributed by atoms with Gasteiger partial charge in [0.25, 0.3) is 6.43 Å². The molecule has 5 rings (SSSR count). The first-order valence-electron chi connectivity index (χ1n) is 11.4. The van der Waals surface area contributed by atoms with Crippen molar-refractivity contribution < 1.29 is 18.3 Å². The molecule has 1 saturated carbocycles. The molecule has 35 heavy (non-hydrogen) atoms. The van der Waals surface area contributed by atoms with E-state index in [1.807, 2.05) is 31.2 Å². The first-order valence-corrected chi connectivity index (χ1v) is 11.4. The number of carbonyl (C=O) groups is 1. The molecule has 0 bridgehead atoms. The lowest BCUT2D eigenvalue weighted by atomic mass is 9.66. The van der Waals surface area contributed by atoms with Crippen molar-refractivity contribution in [2.75, 3.05) is 19.5 Å². The number of halogens is 2. The molecule has 0 atom stereocenters. The van der Waals surface area contributed by atoms with Crippen LogP contribution in [0.4, 0.5) is 14.7 Å². The molecule has 184 valence electrons. The molecule has 1 amide bonds. The number of methoxy groups -OCH3 is 1. The lowest BCUT2D eigenvalue weighted by Gasteiger charge is -2.43. The van der Waals surface area contributed by atoms with Crippen LogP contribution in [0, 0.1) is 12.3 Å². The largest absolute Gasteiger partial charge is 0.479 e. The minimum Gasteiger partial charge on any atom is -0.479 e. The topological polar surface area (TPSA) is 98.4 Å². The Bertz CT molecular complexity index is 1420. The van der Waals surface area contributed by atoms with E-state index in [0.717, 1.165) is 11.1 Å². The summed E-state index contributed by atoms with van der Waals surface area (Å²) in [6.07, 6.45) is 0.689. The zero-order valence-corrected chi connectivity index (χ0v) is 20.0. The molecule has 2 N–H and O–H groups in total. The molecule has 1 aromatic carbocycles. The van der Waals surface area contributed by atoms with E-state index in [0.29, 0.717) is 47.0 Å². The summed E-state index contributed by atoms with van der Waals surface area (Å²) in [4.78, 5) is 21.0. The van der Waals surface area contributed by atoms with Gasteiger partial charge in [-0.2, -0.15) is 4.98 Å². The van der Waals surface area contributed by atoms with E-state index in [1.165, 1.54) is 4.57 Å². The Hall–Kier alpha value is -3.76. The molecular formula is C24H27F2N7O2. The summed E-state index contributed by atoms with van der Waals surface area (Å²) in [5.74, 6) is 1.36. The molecule has 1 aliphatic carbocycles. The van der Waals surface area contributed by atoms with E-state index < -0.39 is 18.4 Å². The molecule has 9 nitrogen and oxygen atoms in total. The van der Waals surface area contributed by atoms with Gasteiger partial charge in [0, 0.05) is 24.8 Å². The number of ether oxygens (including phenoxy) is 1. The smallest absolute Gasteiger partial charge is 0.256 e. The van der Waals surface area contributed by atoms with Gasteiger partial charge in [-0.3, -0.25) is 4.79 Å². The first kappa shape index (κ1) is 23.0. The van der Waals surface area contributed by atoms with Gasteiger partial charge in [0.2, 0.25) is 17.7 Å². The molecule has 0 radical (unpaired) electrons. The second kappa shape index (κ2) is 8.47. The van der Waals surface area contributed by atoms with Gasteiger partial charge in [-0.05, 0) is 43.5 Å². The highest BCUT2D eigenvalue weighted by Crippen LogP contribution is 2.42. The molecule has 1 aliphatic rings. The number of benzene rings is 1. The number of carbonyl (C=O) groups excluding carboxylic acids is 1. The maximum absolute atomic E-state index is 13.1. The Morgan fingerprint density at radius 2 is 2.06 bits per heavy atom. The predicted octanol–water partition coefficient (Wildman–Crippen LogP) is 3.65. The highest BCUT2D eigenvalue weighted by atomic mass is 19.3. The molecule has 3 heterocycles. The molecular weight excluding hydrogens is 456 g/mol. The van der Waals surface area contributed by atoms with Crippen LogP contribution in [-0.2, 0) is 11.3 Å². The summed E-state index contributed by atoms with van der Waals surface area (Å²) >= 11 is 0. The summed E-state index contributed by atoms with van der Waals surface area (Å²) in [6, 6.07) is 7.55. The average molecular weight is 484 g/mol. The van der Waals surface area contributed by atoms with Crippen LogP contribution in [-0.4, -0.2) is 56.7 Å². The highest BCUT2D eigenvalue weighted by Gasteiger charge is 2.46. The van der Waals surface area contributed by atoms with Gasteiger partial charge < -0.3 is 19.9 Å². The number of aryl methyl sites for hydroxylation is 1. The van der Waals surface area contributed by atoms with E-state index in [4.69, 9.17) is 4.74 Å². The Kier molecular flexibility index (Phi) is 5.57. The van der Waals surface area contributed by atoms with Crippen molar-refractivity contribution in [3.63, 3.8) is 0 Å². The Morgan fingerprint density at radius 3 is 2.74 bits per heavy atom. The number of nitrogens with one attached hydrogen (secondary N) is 2. The first-order chi connectivity index (χ1) is 16.7. The van der Waals surface area contributed by atoms with Crippen LogP contribution >= 0.6 is 0 Å². The zero-order valence-electron chi connectivity index (χ0n) is 20.0. The Balaban J connectivity index is 1.48. The molecule has 0 aliphatic heterocycles. The highest BCUT2D eigenvalue weighted by molar-refractivity contribution is 5.90. The summed E-state index contributed by atoms with van der Waals surface area (Å²) in [5, 5.41) is 10.6. The minimum atomic E-state index is -2.48. The molecule has 0 spiro atoms. The van der Waals surface area contributed by atoms with Crippen LogP contribution in [0.1, 0.15) is 25.6 Å². The van der Waals surface area contributed by atoms with Crippen LogP contribution in [0.5, 0.6) is 5.88 Å². The Labute approximate surface area is 200 Å². The van der Waals surface area contributed by atoms with E-state index >= 15 is 0 Å². The third-order valence-electron chi connectivity index (χ3n) is 6.75. The number of rotatable bonds is 7. The molecule has 4 aromatic rings. The van der Waals surface area contributed by atoms with Crippen molar-refractivity contribution >= 4 is 28.4 Å². The maximum atomic E-state index is 13.1. The van der Waals surface area contributed by atoms with Gasteiger partial charge in [-0.25, -0.2) is 18.3 Å². The Morgan fingerprint density at radius 1 is 1.29 bits per heavy atom. The number of anilines is 1. The minimum absolute atomic E-state index is 0.0293. The SMILES string of the molecule is CNC(=O)C1(C)CC(Nc2nc(OC)c3c(-c4ccc5nc(C)n(CC(F)F)c5c4)ccn3n2)C1. The van der Waals surface area contributed by atoms with E-state index in [-0.39, 0.29) is 11.9 Å². The number of fused-ring (bicyclic) bond motifs is 2. The molecule has 0 unspecified atom stereocenters. The van der Waals surface area contributed by atoms with Crippen LogP contribution in [0.15, 0.2) is 30.5 Å². The van der Waals surface area contributed by atoms with Gasteiger partial charge in [-0.1, -0.05) is 13.0 Å². The van der Waals surface area contributed by atoms with E-state index in [9.17, 15) is 13.6 Å². The number of alkyl halides is 2. The van der Waals surface area contributed by atoms with Crippen molar-refractivity contribution in [3.8, 4) is 17.0 Å². The number of hydrogen-bond donors (Lipinski definition) is 2. The second-order valence-electron chi connectivity index (χ2n) is 9.22. The van der Waals surface area contributed by atoms with Crippen molar-refractivity contribution in [1.29, 1.82) is 0 Å². The van der Waals surface area contributed by atoms with Gasteiger partial charge in [0.05, 0.1) is 30.1 Å². The van der Waals surface area contributed by atoms with Gasteiger partial charge in [-0.15, -0.1) is 5.10 Å². The lowest BCUT2D eigenvalue weighted by molar-refractivity contribution is -0.134. The van der Waals surface area contributed by atoms with Gasteiger partial charge in [0.1, 0.15) is 11.3 Å². The number of hydrogen-bond acceptors (Lipinski definition) is 6. The summed E-state index contributed by atoms with van der Waals surface area (Å²) in [6.45, 7) is 3.25.